The standard InChI is InChI=1S/C22H17N3O3S2/c26-21(14-30-22-23-17(13-29-22)15-6-2-1-3-7-15)25-18(20-9-5-11-28-20)12-16(24-25)19-8-4-10-27-19/h1-11,13,18H,12,14H2. The molecule has 1 atom stereocenters. The summed E-state index contributed by atoms with van der Waals surface area (Å²) < 4.78 is 11.9. The molecule has 4 aromatic rings. The third-order valence-corrected chi connectivity index (χ3v) is 6.72. The van der Waals surface area contributed by atoms with Crippen LogP contribution in [-0.2, 0) is 4.79 Å². The second-order valence-electron chi connectivity index (χ2n) is 6.65. The number of carbonyl (C=O) groups excluding carboxylic acids is 1. The Labute approximate surface area is 181 Å². The summed E-state index contributed by atoms with van der Waals surface area (Å²) in [6, 6.07) is 17.1. The fourth-order valence-electron chi connectivity index (χ4n) is 3.29. The number of thioether (sulfide) groups is 1. The number of hydrazone groups is 1. The SMILES string of the molecule is O=C(CSc1nc(-c2ccccc2)cs1)N1N=C(c2ccco2)CC1c1ccco1. The van der Waals surface area contributed by atoms with Crippen LogP contribution < -0.4 is 0 Å². The molecule has 150 valence electrons. The van der Waals surface area contributed by atoms with Crippen molar-refractivity contribution in [1.29, 1.82) is 0 Å². The number of hydrogen-bond acceptors (Lipinski definition) is 7. The number of nitrogens with zero attached hydrogens (tertiary/aromatic N) is 3. The lowest BCUT2D eigenvalue weighted by Crippen LogP contribution is -2.28. The first-order valence-corrected chi connectivity index (χ1v) is 11.2. The first kappa shape index (κ1) is 18.9. The number of rotatable bonds is 6. The molecule has 30 heavy (non-hydrogen) atoms. The summed E-state index contributed by atoms with van der Waals surface area (Å²) in [6.45, 7) is 0. The van der Waals surface area contributed by atoms with Crippen LogP contribution in [0.4, 0.5) is 0 Å². The van der Waals surface area contributed by atoms with Gasteiger partial charge in [-0.2, -0.15) is 5.10 Å². The fraction of sp³-hybridized carbons (Fsp3) is 0.136. The molecule has 0 aliphatic carbocycles. The van der Waals surface area contributed by atoms with Crippen molar-refractivity contribution in [3.05, 3.63) is 84.0 Å². The highest BCUT2D eigenvalue weighted by molar-refractivity contribution is 8.01. The highest BCUT2D eigenvalue weighted by atomic mass is 32.2. The Morgan fingerprint density at radius 1 is 1.10 bits per heavy atom. The van der Waals surface area contributed by atoms with Gasteiger partial charge in [-0.15, -0.1) is 11.3 Å². The van der Waals surface area contributed by atoms with Crippen LogP contribution in [0.3, 0.4) is 0 Å². The van der Waals surface area contributed by atoms with Gasteiger partial charge in [-0.25, -0.2) is 9.99 Å². The molecule has 0 fully saturated rings. The molecule has 4 heterocycles. The average molecular weight is 436 g/mol. The maximum atomic E-state index is 13.0. The van der Waals surface area contributed by atoms with Gasteiger partial charge in [0.15, 0.2) is 4.34 Å². The van der Waals surface area contributed by atoms with Gasteiger partial charge in [-0.05, 0) is 24.3 Å². The van der Waals surface area contributed by atoms with Crippen LogP contribution in [0.1, 0.15) is 24.0 Å². The summed E-state index contributed by atoms with van der Waals surface area (Å²) in [7, 11) is 0. The van der Waals surface area contributed by atoms with E-state index < -0.39 is 0 Å². The van der Waals surface area contributed by atoms with E-state index in [0.29, 0.717) is 17.9 Å². The zero-order valence-corrected chi connectivity index (χ0v) is 17.4. The molecule has 5 rings (SSSR count). The smallest absolute Gasteiger partial charge is 0.253 e. The summed E-state index contributed by atoms with van der Waals surface area (Å²) in [5.41, 5.74) is 2.72. The molecule has 0 radical (unpaired) electrons. The molecular weight excluding hydrogens is 418 g/mol. The Morgan fingerprint density at radius 3 is 2.70 bits per heavy atom. The van der Waals surface area contributed by atoms with E-state index in [0.717, 1.165) is 21.3 Å². The number of benzene rings is 1. The van der Waals surface area contributed by atoms with Crippen molar-refractivity contribution in [2.75, 3.05) is 5.75 Å². The minimum Gasteiger partial charge on any atom is -0.467 e. The van der Waals surface area contributed by atoms with Crippen LogP contribution >= 0.6 is 23.1 Å². The van der Waals surface area contributed by atoms with Crippen LogP contribution in [-0.4, -0.2) is 27.4 Å². The van der Waals surface area contributed by atoms with Gasteiger partial charge in [0.1, 0.15) is 23.3 Å². The van der Waals surface area contributed by atoms with Crippen molar-refractivity contribution in [2.24, 2.45) is 5.10 Å². The summed E-state index contributed by atoms with van der Waals surface area (Å²) in [4.78, 5) is 17.7. The number of furan rings is 2. The minimum atomic E-state index is -0.274. The van der Waals surface area contributed by atoms with E-state index in [1.807, 2.05) is 60.0 Å². The van der Waals surface area contributed by atoms with Gasteiger partial charge < -0.3 is 8.83 Å². The number of amides is 1. The van der Waals surface area contributed by atoms with Crippen LogP contribution in [0.5, 0.6) is 0 Å². The topological polar surface area (TPSA) is 71.8 Å². The number of aromatic nitrogens is 1. The molecule has 1 aliphatic rings. The van der Waals surface area contributed by atoms with Crippen LogP contribution in [0, 0.1) is 0 Å². The van der Waals surface area contributed by atoms with Crippen molar-refractivity contribution in [3.8, 4) is 11.3 Å². The van der Waals surface area contributed by atoms with Gasteiger partial charge in [0.05, 0.1) is 24.0 Å². The zero-order chi connectivity index (χ0) is 20.3. The van der Waals surface area contributed by atoms with Crippen LogP contribution in [0.2, 0.25) is 0 Å². The van der Waals surface area contributed by atoms with E-state index in [2.05, 4.69) is 10.1 Å². The first-order chi connectivity index (χ1) is 14.8. The third kappa shape index (κ3) is 3.83. The fourth-order valence-corrected chi connectivity index (χ4v) is 4.98. The molecule has 1 aliphatic heterocycles. The van der Waals surface area contributed by atoms with Crippen molar-refractivity contribution in [3.63, 3.8) is 0 Å². The monoisotopic (exact) mass is 435 g/mol. The maximum Gasteiger partial charge on any atom is 0.253 e. The molecule has 3 aromatic heterocycles. The van der Waals surface area contributed by atoms with E-state index in [1.54, 1.807) is 12.5 Å². The predicted octanol–water partition coefficient (Wildman–Crippen LogP) is 5.47. The molecule has 8 heteroatoms. The minimum absolute atomic E-state index is 0.0978. The van der Waals surface area contributed by atoms with Crippen molar-refractivity contribution in [1.82, 2.24) is 9.99 Å². The summed E-state index contributed by atoms with van der Waals surface area (Å²) in [6.07, 6.45) is 3.76. The Hall–Kier alpha value is -3.10. The Balaban J connectivity index is 1.31. The normalized spacial score (nSPS) is 16.1. The maximum absolute atomic E-state index is 13.0. The number of thiazole rings is 1. The Kier molecular flexibility index (Phi) is 5.25. The average Bonchev–Trinajstić information content (AvgIpc) is 3.57. The van der Waals surface area contributed by atoms with E-state index in [1.165, 1.54) is 28.1 Å². The zero-order valence-electron chi connectivity index (χ0n) is 15.8. The molecule has 0 saturated carbocycles. The van der Waals surface area contributed by atoms with Crippen molar-refractivity contribution >= 4 is 34.7 Å². The van der Waals surface area contributed by atoms with Gasteiger partial charge in [0, 0.05) is 17.4 Å². The lowest BCUT2D eigenvalue weighted by Gasteiger charge is -2.19. The van der Waals surface area contributed by atoms with Crippen molar-refractivity contribution < 1.29 is 13.6 Å². The summed E-state index contributed by atoms with van der Waals surface area (Å²) in [5.74, 6) is 1.52. The van der Waals surface area contributed by atoms with Gasteiger partial charge in [-0.3, -0.25) is 4.79 Å². The molecule has 0 spiro atoms. The van der Waals surface area contributed by atoms with Crippen LogP contribution in [0.15, 0.2) is 90.8 Å². The van der Waals surface area contributed by atoms with E-state index in [4.69, 9.17) is 8.83 Å². The van der Waals surface area contributed by atoms with E-state index in [-0.39, 0.29) is 17.7 Å². The van der Waals surface area contributed by atoms with E-state index >= 15 is 0 Å². The molecule has 0 saturated heterocycles. The largest absolute Gasteiger partial charge is 0.467 e. The van der Waals surface area contributed by atoms with Gasteiger partial charge >= 0.3 is 0 Å². The lowest BCUT2D eigenvalue weighted by atomic mass is 10.1. The van der Waals surface area contributed by atoms with Gasteiger partial charge in [0.25, 0.3) is 5.91 Å². The van der Waals surface area contributed by atoms with Gasteiger partial charge in [-0.1, -0.05) is 42.1 Å². The second-order valence-corrected chi connectivity index (χ2v) is 8.73. The third-order valence-electron chi connectivity index (χ3n) is 4.71. The van der Waals surface area contributed by atoms with Crippen molar-refractivity contribution in [2.45, 2.75) is 16.8 Å². The number of hydrogen-bond donors (Lipinski definition) is 0. The quantitative estimate of drug-likeness (QED) is 0.376. The summed E-state index contributed by atoms with van der Waals surface area (Å²) >= 11 is 2.96. The predicted molar refractivity (Wildman–Crippen MR) is 116 cm³/mol. The highest BCUT2D eigenvalue weighted by Gasteiger charge is 2.35. The number of carbonyl (C=O) groups is 1. The lowest BCUT2D eigenvalue weighted by molar-refractivity contribution is -0.130. The van der Waals surface area contributed by atoms with E-state index in [9.17, 15) is 4.79 Å². The molecule has 0 N–H and O–H groups in total. The molecule has 1 amide bonds. The summed E-state index contributed by atoms with van der Waals surface area (Å²) in [5, 5.41) is 8.07. The molecule has 0 bridgehead atoms. The Morgan fingerprint density at radius 2 is 1.93 bits per heavy atom. The second kappa shape index (κ2) is 8.33. The van der Waals surface area contributed by atoms with Gasteiger partial charge in [0.2, 0.25) is 0 Å². The van der Waals surface area contributed by atoms with Crippen LogP contribution in [0.25, 0.3) is 11.3 Å². The highest BCUT2D eigenvalue weighted by Crippen LogP contribution is 2.35. The molecule has 1 unspecified atom stereocenters. The molecular formula is C22H17N3O3S2. The Bertz CT molecular complexity index is 1150. The molecule has 1 aromatic carbocycles. The molecule has 6 nitrogen and oxygen atoms in total. The first-order valence-electron chi connectivity index (χ1n) is 9.38.